The molecule has 0 aliphatic carbocycles. The molecule has 2 heterocycles. The molecule has 1 aromatic heterocycles. The fourth-order valence-electron chi connectivity index (χ4n) is 3.48. The van der Waals surface area contributed by atoms with E-state index in [0.717, 1.165) is 10.5 Å². The maximum Gasteiger partial charge on any atom is 0.295 e. The number of quaternary nitrogens is 1. The predicted molar refractivity (Wildman–Crippen MR) is 109 cm³/mol. The summed E-state index contributed by atoms with van der Waals surface area (Å²) in [6, 6.07) is 9.75. The van der Waals surface area contributed by atoms with Gasteiger partial charge in [0.1, 0.15) is 17.6 Å². The minimum Gasteiger partial charge on any atom is -0.507 e. The molecule has 1 saturated heterocycles. The van der Waals surface area contributed by atoms with Crippen molar-refractivity contribution in [3.05, 3.63) is 65.0 Å². The Labute approximate surface area is 170 Å². The molecule has 1 aromatic carbocycles. The number of nitrogens with zero attached hydrogens (tertiary/aromatic N) is 2. The first-order valence-electron chi connectivity index (χ1n) is 9.48. The van der Waals surface area contributed by atoms with Crippen molar-refractivity contribution in [2.24, 2.45) is 0 Å². The fourth-order valence-corrected chi connectivity index (χ4v) is 3.48. The summed E-state index contributed by atoms with van der Waals surface area (Å²) in [6.07, 6.45) is 1.62. The van der Waals surface area contributed by atoms with Crippen molar-refractivity contribution in [3.63, 3.8) is 0 Å². The highest BCUT2D eigenvalue weighted by Gasteiger charge is 2.46. The van der Waals surface area contributed by atoms with Crippen LogP contribution >= 0.6 is 0 Å². The van der Waals surface area contributed by atoms with E-state index in [0.29, 0.717) is 30.1 Å². The van der Waals surface area contributed by atoms with Gasteiger partial charge in [0.25, 0.3) is 11.7 Å². The number of ketones is 1. The standard InChI is InChI=1S/C22H25N3O4/c1-14-13-15(8-9-17(14)29-4)20(26)18-19(16-7-5-6-10-23-16)25(12-11-24(2)3)22(28)21(18)27/h5-10,13,19,26H,11-12H2,1-4H3/p+1/t19-/m1/s1. The van der Waals surface area contributed by atoms with Gasteiger partial charge in [-0.3, -0.25) is 14.6 Å². The molecule has 0 radical (unpaired) electrons. The van der Waals surface area contributed by atoms with Crippen molar-refractivity contribution >= 4 is 17.4 Å². The SMILES string of the molecule is COc1ccc(C(O)=C2C(=O)C(=O)N(CC[NH+](C)C)[C@@H]2c2ccccn2)cc1C. The number of aromatic nitrogens is 1. The number of likely N-dealkylation sites (N-methyl/N-ethyl adjacent to an activating group) is 1. The highest BCUT2D eigenvalue weighted by atomic mass is 16.5. The second kappa shape index (κ2) is 8.45. The maximum absolute atomic E-state index is 12.9. The highest BCUT2D eigenvalue weighted by molar-refractivity contribution is 6.46. The number of carbonyl (C=O) groups excluding carboxylic acids is 2. The quantitative estimate of drug-likeness (QED) is 0.432. The van der Waals surface area contributed by atoms with E-state index in [4.69, 9.17) is 4.74 Å². The van der Waals surface area contributed by atoms with Crippen LogP contribution in [0.1, 0.15) is 22.9 Å². The Morgan fingerprint density at radius 1 is 1.24 bits per heavy atom. The first kappa shape index (κ1) is 20.5. The first-order valence-corrected chi connectivity index (χ1v) is 9.48. The van der Waals surface area contributed by atoms with E-state index in [9.17, 15) is 14.7 Å². The molecule has 1 atom stereocenters. The fraction of sp³-hybridized carbons (Fsp3) is 0.318. The number of aliphatic hydroxyl groups is 1. The molecule has 1 amide bonds. The molecule has 2 N–H and O–H groups in total. The van der Waals surface area contributed by atoms with Crippen LogP contribution in [-0.4, -0.2) is 61.0 Å². The Bertz CT molecular complexity index is 954. The summed E-state index contributed by atoms with van der Waals surface area (Å²) in [5.41, 5.74) is 1.89. The lowest BCUT2D eigenvalue weighted by molar-refractivity contribution is -0.857. The average Bonchev–Trinajstić information content (AvgIpc) is 2.97. The number of likely N-dealkylation sites (tertiary alicyclic amines) is 1. The third-order valence-electron chi connectivity index (χ3n) is 5.03. The van der Waals surface area contributed by atoms with Crippen molar-refractivity contribution < 1.29 is 24.3 Å². The zero-order valence-electron chi connectivity index (χ0n) is 17.1. The van der Waals surface area contributed by atoms with Gasteiger partial charge in [0.2, 0.25) is 0 Å². The van der Waals surface area contributed by atoms with Crippen molar-refractivity contribution in [3.8, 4) is 5.75 Å². The van der Waals surface area contributed by atoms with Gasteiger partial charge in [-0.1, -0.05) is 6.07 Å². The van der Waals surface area contributed by atoms with Crippen molar-refractivity contribution in [2.45, 2.75) is 13.0 Å². The zero-order chi connectivity index (χ0) is 21.1. The number of hydrogen-bond acceptors (Lipinski definition) is 5. The van der Waals surface area contributed by atoms with Crippen LogP contribution in [0.2, 0.25) is 0 Å². The van der Waals surface area contributed by atoms with E-state index in [1.807, 2.05) is 21.0 Å². The molecule has 0 unspecified atom stereocenters. The van der Waals surface area contributed by atoms with Gasteiger partial charge in [-0.15, -0.1) is 0 Å². The maximum atomic E-state index is 12.9. The number of hydrogen-bond donors (Lipinski definition) is 2. The molecule has 1 aliphatic heterocycles. The molecule has 0 saturated carbocycles. The molecule has 29 heavy (non-hydrogen) atoms. The first-order chi connectivity index (χ1) is 13.8. The van der Waals surface area contributed by atoms with Gasteiger partial charge in [0.15, 0.2) is 0 Å². The lowest BCUT2D eigenvalue weighted by atomic mass is 9.97. The Balaban J connectivity index is 2.13. The van der Waals surface area contributed by atoms with Crippen LogP contribution < -0.4 is 9.64 Å². The van der Waals surface area contributed by atoms with Gasteiger partial charge < -0.3 is 19.6 Å². The number of ether oxygens (including phenoxy) is 1. The smallest absolute Gasteiger partial charge is 0.295 e. The molecule has 152 valence electrons. The van der Waals surface area contributed by atoms with Crippen LogP contribution in [0.25, 0.3) is 5.76 Å². The van der Waals surface area contributed by atoms with Gasteiger partial charge in [0, 0.05) is 11.8 Å². The lowest BCUT2D eigenvalue weighted by Gasteiger charge is -2.24. The monoisotopic (exact) mass is 396 g/mol. The number of aryl methyl sites for hydroxylation is 1. The molecule has 0 bridgehead atoms. The number of benzene rings is 1. The number of nitrogens with one attached hydrogen (secondary N) is 1. The van der Waals surface area contributed by atoms with E-state index in [2.05, 4.69) is 4.98 Å². The second-order valence-corrected chi connectivity index (χ2v) is 7.39. The summed E-state index contributed by atoms with van der Waals surface area (Å²) < 4.78 is 5.27. The summed E-state index contributed by atoms with van der Waals surface area (Å²) in [5.74, 6) is -0.837. The number of aliphatic hydroxyl groups excluding tert-OH is 1. The number of Topliss-reactive ketones (excluding diaryl/α,β-unsaturated/α-hetero) is 1. The van der Waals surface area contributed by atoms with Gasteiger partial charge in [-0.2, -0.15) is 0 Å². The van der Waals surface area contributed by atoms with Crippen LogP contribution in [0.5, 0.6) is 5.75 Å². The molecule has 7 heteroatoms. The minimum absolute atomic E-state index is 0.0621. The largest absolute Gasteiger partial charge is 0.507 e. The number of methoxy groups -OCH3 is 1. The third kappa shape index (κ3) is 4.00. The van der Waals surface area contributed by atoms with Gasteiger partial charge >= 0.3 is 0 Å². The molecular formula is C22H26N3O4+. The lowest BCUT2D eigenvalue weighted by Crippen LogP contribution is -3.06. The second-order valence-electron chi connectivity index (χ2n) is 7.39. The summed E-state index contributed by atoms with van der Waals surface area (Å²) in [4.78, 5) is 32.7. The average molecular weight is 396 g/mol. The minimum atomic E-state index is -0.724. The van der Waals surface area contributed by atoms with E-state index < -0.39 is 17.7 Å². The van der Waals surface area contributed by atoms with Gasteiger partial charge in [-0.25, -0.2) is 0 Å². The summed E-state index contributed by atoms with van der Waals surface area (Å²) >= 11 is 0. The predicted octanol–water partition coefficient (Wildman–Crippen LogP) is 0.965. The molecule has 3 rings (SSSR count). The van der Waals surface area contributed by atoms with E-state index in [-0.39, 0.29) is 11.3 Å². The van der Waals surface area contributed by atoms with Crippen molar-refractivity contribution in [1.29, 1.82) is 0 Å². The molecule has 1 fully saturated rings. The number of amides is 1. The van der Waals surface area contributed by atoms with Gasteiger partial charge in [0.05, 0.1) is 45.6 Å². The topological polar surface area (TPSA) is 84.2 Å². The van der Waals surface area contributed by atoms with E-state index in [1.54, 1.807) is 49.7 Å². The van der Waals surface area contributed by atoms with Crippen molar-refractivity contribution in [2.75, 3.05) is 34.3 Å². The summed E-state index contributed by atoms with van der Waals surface area (Å²) in [7, 11) is 5.53. The van der Waals surface area contributed by atoms with Crippen LogP contribution in [0.15, 0.2) is 48.2 Å². The summed E-state index contributed by atoms with van der Waals surface area (Å²) in [5, 5.41) is 11.0. The number of pyridine rings is 1. The van der Waals surface area contributed by atoms with Crippen LogP contribution in [0.3, 0.4) is 0 Å². The van der Waals surface area contributed by atoms with Crippen molar-refractivity contribution in [1.82, 2.24) is 9.88 Å². The zero-order valence-corrected chi connectivity index (χ0v) is 17.1. The summed E-state index contributed by atoms with van der Waals surface area (Å²) in [6.45, 7) is 2.90. The normalized spacial score (nSPS) is 18.5. The van der Waals surface area contributed by atoms with Crippen LogP contribution in [0, 0.1) is 6.92 Å². The third-order valence-corrected chi connectivity index (χ3v) is 5.03. The Morgan fingerprint density at radius 2 is 2.00 bits per heavy atom. The highest BCUT2D eigenvalue weighted by Crippen LogP contribution is 2.38. The Kier molecular flexibility index (Phi) is 5.98. The number of carbonyl (C=O) groups is 2. The van der Waals surface area contributed by atoms with Crippen LogP contribution in [0.4, 0.5) is 0 Å². The molecule has 2 aromatic rings. The van der Waals surface area contributed by atoms with Gasteiger partial charge in [-0.05, 0) is 42.8 Å². The number of rotatable bonds is 6. The molecule has 7 nitrogen and oxygen atoms in total. The Hall–Kier alpha value is -3.19. The van der Waals surface area contributed by atoms with Crippen LogP contribution in [-0.2, 0) is 9.59 Å². The van der Waals surface area contributed by atoms with E-state index in [1.165, 1.54) is 4.90 Å². The molecule has 1 aliphatic rings. The van der Waals surface area contributed by atoms with E-state index >= 15 is 0 Å². The molecular weight excluding hydrogens is 370 g/mol. The Morgan fingerprint density at radius 3 is 2.59 bits per heavy atom. The molecule has 0 spiro atoms.